The van der Waals surface area contributed by atoms with Crippen molar-refractivity contribution >= 4 is 5.78 Å². The number of carbonyl (C=O) groups is 1. The molecule has 158 valence electrons. The molecule has 0 aromatic heterocycles. The van der Waals surface area contributed by atoms with Gasteiger partial charge in [0, 0.05) is 5.41 Å². The average molecular weight is 385 g/mol. The number of allylic oxidation sites excluding steroid dienone is 7. The Labute approximate surface area is 175 Å². The van der Waals surface area contributed by atoms with Crippen LogP contribution in [-0.2, 0) is 4.79 Å². The molecular formula is C27H44O. The second-order valence-electron chi connectivity index (χ2n) is 9.66. The van der Waals surface area contributed by atoms with E-state index in [2.05, 4.69) is 66.3 Å². The van der Waals surface area contributed by atoms with Crippen LogP contribution in [0.5, 0.6) is 0 Å². The molecule has 0 amide bonds. The molecule has 1 saturated carbocycles. The van der Waals surface area contributed by atoms with E-state index in [-0.39, 0.29) is 5.41 Å². The van der Waals surface area contributed by atoms with Gasteiger partial charge in [0.05, 0.1) is 0 Å². The number of hydrogen-bond acceptors (Lipinski definition) is 1. The Bertz CT molecular complexity index is 619. The summed E-state index contributed by atoms with van der Waals surface area (Å²) in [5.74, 6) is 1.61. The van der Waals surface area contributed by atoms with Crippen molar-refractivity contribution in [2.24, 2.45) is 17.3 Å². The van der Waals surface area contributed by atoms with E-state index in [0.717, 1.165) is 31.6 Å². The Hall–Kier alpha value is -1.37. The molecule has 0 saturated heterocycles. The topological polar surface area (TPSA) is 17.1 Å². The van der Waals surface area contributed by atoms with Crippen LogP contribution in [0.25, 0.3) is 0 Å². The number of hydrogen-bond donors (Lipinski definition) is 0. The predicted octanol–water partition coefficient (Wildman–Crippen LogP) is 8.38. The van der Waals surface area contributed by atoms with Crippen molar-refractivity contribution in [2.75, 3.05) is 0 Å². The summed E-state index contributed by atoms with van der Waals surface area (Å²) in [6.07, 6.45) is 16.5. The van der Waals surface area contributed by atoms with E-state index in [4.69, 9.17) is 0 Å². The van der Waals surface area contributed by atoms with Gasteiger partial charge in [-0.15, -0.1) is 0 Å². The number of rotatable bonds is 8. The molecule has 2 aliphatic carbocycles. The fourth-order valence-electron chi connectivity index (χ4n) is 3.76. The monoisotopic (exact) mass is 384 g/mol. The molecule has 2 aliphatic rings. The maximum absolute atomic E-state index is 11.7. The van der Waals surface area contributed by atoms with Gasteiger partial charge in [-0.1, -0.05) is 60.9 Å². The third-order valence-corrected chi connectivity index (χ3v) is 6.45. The van der Waals surface area contributed by atoms with Crippen molar-refractivity contribution in [1.29, 1.82) is 0 Å². The molecule has 1 fully saturated rings. The van der Waals surface area contributed by atoms with E-state index in [0.29, 0.717) is 11.7 Å². The maximum Gasteiger partial charge on any atom is 0.136 e. The Morgan fingerprint density at radius 3 is 2.14 bits per heavy atom. The van der Waals surface area contributed by atoms with Gasteiger partial charge in [-0.25, -0.2) is 0 Å². The van der Waals surface area contributed by atoms with Gasteiger partial charge in [0.15, 0.2) is 0 Å². The molecule has 0 spiro atoms. The van der Waals surface area contributed by atoms with Gasteiger partial charge in [-0.3, -0.25) is 4.79 Å². The van der Waals surface area contributed by atoms with Crippen molar-refractivity contribution in [3.63, 3.8) is 0 Å². The van der Waals surface area contributed by atoms with E-state index in [1.807, 2.05) is 0 Å². The summed E-state index contributed by atoms with van der Waals surface area (Å²) in [6, 6.07) is 0. The van der Waals surface area contributed by atoms with Crippen molar-refractivity contribution in [2.45, 2.75) is 99.8 Å². The van der Waals surface area contributed by atoms with E-state index < -0.39 is 0 Å². The Balaban J connectivity index is 0.000000307. The van der Waals surface area contributed by atoms with Gasteiger partial charge in [0.2, 0.25) is 0 Å². The van der Waals surface area contributed by atoms with E-state index in [1.165, 1.54) is 48.0 Å². The Morgan fingerprint density at radius 1 is 1.11 bits per heavy atom. The highest BCUT2D eigenvalue weighted by molar-refractivity contribution is 5.82. The smallest absolute Gasteiger partial charge is 0.136 e. The molecule has 0 heterocycles. The van der Waals surface area contributed by atoms with Gasteiger partial charge >= 0.3 is 0 Å². The van der Waals surface area contributed by atoms with Crippen LogP contribution >= 0.6 is 0 Å². The summed E-state index contributed by atoms with van der Waals surface area (Å²) in [5.41, 5.74) is 5.70. The first-order valence-electron chi connectivity index (χ1n) is 11.2. The van der Waals surface area contributed by atoms with Crippen molar-refractivity contribution < 1.29 is 4.79 Å². The Morgan fingerprint density at radius 2 is 1.68 bits per heavy atom. The molecule has 0 N–H and O–H groups in total. The summed E-state index contributed by atoms with van der Waals surface area (Å²) < 4.78 is 0. The highest BCUT2D eigenvalue weighted by atomic mass is 16.1. The number of Topliss-reactive ketones (excluding diaryl/α,β-unsaturated/α-hetero) is 1. The second-order valence-corrected chi connectivity index (χ2v) is 9.66. The minimum atomic E-state index is -0.125. The fraction of sp³-hybridized carbons (Fsp3) is 0.667. The van der Waals surface area contributed by atoms with Crippen LogP contribution in [0.15, 0.2) is 47.1 Å². The van der Waals surface area contributed by atoms with E-state index in [9.17, 15) is 4.79 Å². The SMILES string of the molecule is C=C(CCC=C(C)C)C1CC1.CC(=O)[C@@]1(C)CCC(CCC=C(C)C)=C[C@H]1C. The third-order valence-electron chi connectivity index (χ3n) is 6.45. The quantitative estimate of drug-likeness (QED) is 0.384. The molecule has 2 rings (SSSR count). The van der Waals surface area contributed by atoms with Crippen LogP contribution < -0.4 is 0 Å². The van der Waals surface area contributed by atoms with Gasteiger partial charge in [-0.2, -0.15) is 0 Å². The van der Waals surface area contributed by atoms with Gasteiger partial charge in [0.1, 0.15) is 5.78 Å². The summed E-state index contributed by atoms with van der Waals surface area (Å²) in [5, 5.41) is 0. The molecule has 2 atom stereocenters. The maximum atomic E-state index is 11.7. The zero-order valence-corrected chi connectivity index (χ0v) is 19.7. The van der Waals surface area contributed by atoms with Crippen LogP contribution in [0, 0.1) is 17.3 Å². The lowest BCUT2D eigenvalue weighted by molar-refractivity contribution is -0.128. The molecular weight excluding hydrogens is 340 g/mol. The first-order chi connectivity index (χ1) is 13.1. The molecule has 0 unspecified atom stereocenters. The average Bonchev–Trinajstić information content (AvgIpc) is 3.43. The van der Waals surface area contributed by atoms with E-state index in [1.54, 1.807) is 6.92 Å². The highest BCUT2D eigenvalue weighted by Crippen LogP contribution is 2.41. The summed E-state index contributed by atoms with van der Waals surface area (Å²) in [6.45, 7) is 18.7. The number of carbonyl (C=O) groups excluding carboxylic acids is 1. The minimum Gasteiger partial charge on any atom is -0.299 e. The van der Waals surface area contributed by atoms with Gasteiger partial charge < -0.3 is 0 Å². The van der Waals surface area contributed by atoms with Crippen molar-refractivity contribution in [1.82, 2.24) is 0 Å². The highest BCUT2D eigenvalue weighted by Gasteiger charge is 2.37. The normalized spacial score (nSPS) is 23.7. The summed E-state index contributed by atoms with van der Waals surface area (Å²) >= 11 is 0. The van der Waals surface area contributed by atoms with E-state index >= 15 is 0 Å². The molecule has 0 aliphatic heterocycles. The van der Waals surface area contributed by atoms with Crippen molar-refractivity contribution in [3.05, 3.63) is 47.1 Å². The molecule has 0 radical (unpaired) electrons. The van der Waals surface area contributed by atoms with Crippen LogP contribution in [0.2, 0.25) is 0 Å². The van der Waals surface area contributed by atoms with Crippen LogP contribution in [0.1, 0.15) is 99.8 Å². The van der Waals surface area contributed by atoms with Crippen LogP contribution in [-0.4, -0.2) is 5.78 Å². The summed E-state index contributed by atoms with van der Waals surface area (Å²) in [7, 11) is 0. The molecule has 1 heteroatoms. The standard InChI is InChI=1S/C16H26O.C11H18/c1-12(2)7-6-8-15-9-10-16(5,14(4)17)13(3)11-15;1-9(2)5-4-6-10(3)11-7-8-11/h7,11,13H,6,8-10H2,1-5H3;5,11H,3-4,6-8H2,1-2H3/t13-,16+;/m1./s1. The summed E-state index contributed by atoms with van der Waals surface area (Å²) in [4.78, 5) is 11.7. The van der Waals surface area contributed by atoms with Gasteiger partial charge in [-0.05, 0) is 97.8 Å². The third kappa shape index (κ3) is 8.76. The lowest BCUT2D eigenvalue weighted by atomic mass is 9.67. The van der Waals surface area contributed by atoms with Crippen LogP contribution in [0.4, 0.5) is 0 Å². The molecule has 1 nitrogen and oxygen atoms in total. The zero-order valence-electron chi connectivity index (χ0n) is 19.7. The lowest BCUT2D eigenvalue weighted by Gasteiger charge is -2.36. The molecule has 28 heavy (non-hydrogen) atoms. The first kappa shape index (κ1) is 24.7. The minimum absolute atomic E-state index is 0.125. The lowest BCUT2D eigenvalue weighted by Crippen LogP contribution is -2.34. The molecule has 0 bridgehead atoms. The fourth-order valence-corrected chi connectivity index (χ4v) is 3.76. The number of ketones is 1. The predicted molar refractivity (Wildman–Crippen MR) is 124 cm³/mol. The Kier molecular flexibility index (Phi) is 10.2. The molecule has 0 aromatic rings. The van der Waals surface area contributed by atoms with Gasteiger partial charge in [0.25, 0.3) is 0 Å². The zero-order chi connectivity index (χ0) is 21.3. The van der Waals surface area contributed by atoms with Crippen molar-refractivity contribution in [3.8, 4) is 0 Å². The largest absolute Gasteiger partial charge is 0.299 e. The second kappa shape index (κ2) is 11.6. The molecule has 0 aromatic carbocycles. The first-order valence-corrected chi connectivity index (χ1v) is 11.2. The van der Waals surface area contributed by atoms with Crippen LogP contribution in [0.3, 0.4) is 0 Å².